The number of unbranched alkanes of at least 4 members (excludes halogenated alkanes) is 42. The van der Waals surface area contributed by atoms with Gasteiger partial charge in [0.1, 0.15) is 13.2 Å². The van der Waals surface area contributed by atoms with E-state index in [2.05, 4.69) is 31.3 Å². The van der Waals surface area contributed by atoms with E-state index in [0.717, 1.165) is 38.5 Å². The molecule has 0 rings (SSSR count). The van der Waals surface area contributed by atoms with Gasteiger partial charge in [0, 0.05) is 6.42 Å². The predicted octanol–water partition coefficient (Wildman–Crippen LogP) is 18.0. The standard InChI is InChI=1S/C60H121N2O6P/c1-6-8-10-12-14-16-18-20-22-24-26-27-28-29-30-31-32-33-34-35-36-37-39-41-43-45-47-49-51-53-59(63)58(57-68-69(65,66)67-56-55-62(3,4)5)61-60(64)54-52-50-48-46-44-42-40-38-25-23-21-19-17-15-13-11-9-7-2/h23,25,58-59,63H,6-22,24,26-57H2,1-5H3,(H-,61,64,65,66)/b25-23-. The Hall–Kier alpha value is -0.760. The zero-order chi connectivity index (χ0) is 50.6. The SMILES string of the molecule is CCCCCCCCC/C=C\CCCCCCCCCC(=O)NC(COP(=O)([O-])OCC[N+](C)(C)C)C(O)CCCCCCCCCCCCCCCCCCCCCCCCCCCCCCC. The summed E-state index contributed by atoms with van der Waals surface area (Å²) in [4.78, 5) is 25.5. The summed E-state index contributed by atoms with van der Waals surface area (Å²) >= 11 is 0. The fraction of sp³-hybridized carbons (Fsp3) is 0.950. The second kappa shape index (κ2) is 52.1. The van der Waals surface area contributed by atoms with E-state index in [1.807, 2.05) is 21.1 Å². The lowest BCUT2D eigenvalue weighted by Gasteiger charge is -2.30. The molecular weight excluding hydrogens is 876 g/mol. The van der Waals surface area contributed by atoms with Gasteiger partial charge in [0.2, 0.25) is 5.91 Å². The molecular formula is C60H121N2O6P. The second-order valence-electron chi connectivity index (χ2n) is 22.4. The van der Waals surface area contributed by atoms with Crippen molar-refractivity contribution in [3.63, 3.8) is 0 Å². The summed E-state index contributed by atoms with van der Waals surface area (Å²) in [6.07, 6.45) is 64.0. The van der Waals surface area contributed by atoms with Crippen LogP contribution in [0.15, 0.2) is 12.2 Å². The molecule has 0 fully saturated rings. The number of aliphatic hydroxyl groups excluding tert-OH is 1. The number of hydrogen-bond acceptors (Lipinski definition) is 6. The molecule has 0 aromatic rings. The molecule has 69 heavy (non-hydrogen) atoms. The van der Waals surface area contributed by atoms with E-state index in [1.54, 1.807) is 0 Å². The highest BCUT2D eigenvalue weighted by Crippen LogP contribution is 2.38. The smallest absolute Gasteiger partial charge is 0.268 e. The maximum absolute atomic E-state index is 13.0. The van der Waals surface area contributed by atoms with Crippen molar-refractivity contribution < 1.29 is 32.9 Å². The van der Waals surface area contributed by atoms with Crippen LogP contribution in [0.2, 0.25) is 0 Å². The van der Waals surface area contributed by atoms with Crippen LogP contribution < -0.4 is 10.2 Å². The average Bonchev–Trinajstić information content (AvgIpc) is 3.31. The van der Waals surface area contributed by atoms with Crippen LogP contribution in [0, 0.1) is 0 Å². The van der Waals surface area contributed by atoms with Crippen molar-refractivity contribution in [2.75, 3.05) is 40.9 Å². The number of phosphoric ester groups is 1. The van der Waals surface area contributed by atoms with Gasteiger partial charge in [-0.05, 0) is 38.5 Å². The van der Waals surface area contributed by atoms with Gasteiger partial charge in [0.25, 0.3) is 7.82 Å². The van der Waals surface area contributed by atoms with Crippen molar-refractivity contribution >= 4 is 13.7 Å². The van der Waals surface area contributed by atoms with Gasteiger partial charge in [-0.2, -0.15) is 0 Å². The number of rotatable bonds is 57. The Balaban J connectivity index is 4.06. The molecule has 0 bridgehead atoms. The molecule has 0 aliphatic heterocycles. The van der Waals surface area contributed by atoms with Crippen LogP contribution in [0.3, 0.4) is 0 Å². The van der Waals surface area contributed by atoms with E-state index >= 15 is 0 Å². The number of carbonyl (C=O) groups excluding carboxylic acids is 1. The quantitative estimate of drug-likeness (QED) is 0.0272. The Bertz CT molecular complexity index is 1130. The third kappa shape index (κ3) is 54.8. The highest BCUT2D eigenvalue weighted by atomic mass is 31.2. The first kappa shape index (κ1) is 68.2. The second-order valence-corrected chi connectivity index (χ2v) is 23.8. The first-order valence-electron chi connectivity index (χ1n) is 30.5. The molecule has 8 nitrogen and oxygen atoms in total. The van der Waals surface area contributed by atoms with E-state index in [4.69, 9.17) is 9.05 Å². The molecule has 2 N–H and O–H groups in total. The lowest BCUT2D eigenvalue weighted by Crippen LogP contribution is -2.46. The summed E-state index contributed by atoms with van der Waals surface area (Å²) in [5, 5.41) is 14.0. The van der Waals surface area contributed by atoms with E-state index in [-0.39, 0.29) is 19.1 Å². The van der Waals surface area contributed by atoms with Crippen LogP contribution in [-0.4, -0.2) is 68.5 Å². The zero-order valence-electron chi connectivity index (χ0n) is 47.0. The monoisotopic (exact) mass is 997 g/mol. The van der Waals surface area contributed by atoms with Crippen molar-refractivity contribution in [3.05, 3.63) is 12.2 Å². The molecule has 3 unspecified atom stereocenters. The molecule has 0 saturated carbocycles. The fourth-order valence-corrected chi connectivity index (χ4v) is 10.2. The first-order chi connectivity index (χ1) is 33.5. The highest BCUT2D eigenvalue weighted by molar-refractivity contribution is 7.45. The molecule has 0 saturated heterocycles. The van der Waals surface area contributed by atoms with Gasteiger partial charge in [-0.15, -0.1) is 0 Å². The van der Waals surface area contributed by atoms with Crippen molar-refractivity contribution in [3.8, 4) is 0 Å². The number of amides is 1. The molecule has 3 atom stereocenters. The summed E-state index contributed by atoms with van der Waals surface area (Å²) in [7, 11) is 1.32. The third-order valence-corrected chi connectivity index (χ3v) is 15.2. The maximum Gasteiger partial charge on any atom is 0.268 e. The predicted molar refractivity (Wildman–Crippen MR) is 298 cm³/mol. The van der Waals surface area contributed by atoms with Crippen LogP contribution in [-0.2, 0) is 18.4 Å². The molecule has 0 heterocycles. The number of likely N-dealkylation sites (N-methyl/N-ethyl adjacent to an activating group) is 1. The number of aliphatic hydroxyl groups is 1. The maximum atomic E-state index is 13.0. The first-order valence-corrected chi connectivity index (χ1v) is 32.0. The zero-order valence-corrected chi connectivity index (χ0v) is 47.9. The van der Waals surface area contributed by atoms with Crippen LogP contribution in [0.5, 0.6) is 0 Å². The van der Waals surface area contributed by atoms with E-state index < -0.39 is 20.0 Å². The van der Waals surface area contributed by atoms with Gasteiger partial charge >= 0.3 is 0 Å². The average molecular weight is 998 g/mol. The minimum Gasteiger partial charge on any atom is -0.756 e. The summed E-state index contributed by atoms with van der Waals surface area (Å²) in [6, 6.07) is -0.801. The summed E-state index contributed by atoms with van der Waals surface area (Å²) in [5.41, 5.74) is 0. The minimum absolute atomic E-state index is 0.0138. The van der Waals surface area contributed by atoms with E-state index in [9.17, 15) is 19.4 Å². The van der Waals surface area contributed by atoms with Crippen molar-refractivity contribution in [1.82, 2.24) is 5.32 Å². The van der Waals surface area contributed by atoms with Crippen molar-refractivity contribution in [2.45, 2.75) is 328 Å². The molecule has 0 spiro atoms. The molecule has 0 aliphatic carbocycles. The van der Waals surface area contributed by atoms with Gasteiger partial charge in [-0.25, -0.2) is 0 Å². The summed E-state index contributed by atoms with van der Waals surface area (Å²) in [6.45, 7) is 4.76. The summed E-state index contributed by atoms with van der Waals surface area (Å²) in [5.74, 6) is -0.164. The Labute approximate surface area is 431 Å². The lowest BCUT2D eigenvalue weighted by atomic mass is 10.0. The van der Waals surface area contributed by atoms with Crippen LogP contribution in [0.25, 0.3) is 0 Å². The Morgan fingerprint density at radius 3 is 1.13 bits per heavy atom. The molecule has 0 aromatic heterocycles. The topological polar surface area (TPSA) is 108 Å². The number of phosphoric acid groups is 1. The van der Waals surface area contributed by atoms with Crippen molar-refractivity contribution in [1.29, 1.82) is 0 Å². The third-order valence-electron chi connectivity index (χ3n) is 14.3. The number of nitrogens with one attached hydrogen (secondary N) is 1. The van der Waals surface area contributed by atoms with E-state index in [0.29, 0.717) is 23.9 Å². The van der Waals surface area contributed by atoms with Crippen LogP contribution in [0.4, 0.5) is 0 Å². The Morgan fingerprint density at radius 1 is 0.493 bits per heavy atom. The molecule has 9 heteroatoms. The number of allylic oxidation sites excluding steroid dienone is 2. The van der Waals surface area contributed by atoms with Gasteiger partial charge in [-0.3, -0.25) is 9.36 Å². The fourth-order valence-electron chi connectivity index (χ4n) is 9.45. The normalized spacial score (nSPS) is 13.9. The van der Waals surface area contributed by atoms with E-state index in [1.165, 1.54) is 250 Å². The largest absolute Gasteiger partial charge is 0.756 e. The summed E-state index contributed by atoms with van der Waals surface area (Å²) < 4.78 is 23.4. The number of carbonyl (C=O) groups is 1. The number of hydrogen-bond donors (Lipinski definition) is 2. The Kier molecular flexibility index (Phi) is 51.5. The van der Waals surface area contributed by atoms with Gasteiger partial charge in [0.15, 0.2) is 0 Å². The van der Waals surface area contributed by atoms with Gasteiger partial charge < -0.3 is 28.8 Å². The molecule has 1 amide bonds. The molecule has 0 radical (unpaired) electrons. The molecule has 0 aromatic carbocycles. The minimum atomic E-state index is -4.57. The van der Waals surface area contributed by atoms with Crippen molar-refractivity contribution in [2.24, 2.45) is 0 Å². The number of nitrogens with zero attached hydrogens (tertiary/aromatic N) is 1. The molecule has 412 valence electrons. The van der Waals surface area contributed by atoms with Gasteiger partial charge in [0.05, 0.1) is 39.9 Å². The molecule has 0 aliphatic rings. The Morgan fingerprint density at radius 2 is 0.797 bits per heavy atom. The highest BCUT2D eigenvalue weighted by Gasteiger charge is 2.24. The van der Waals surface area contributed by atoms with Crippen LogP contribution in [0.1, 0.15) is 316 Å². The lowest BCUT2D eigenvalue weighted by molar-refractivity contribution is -0.870. The van der Waals surface area contributed by atoms with Gasteiger partial charge in [-0.1, -0.05) is 283 Å². The number of quaternary nitrogens is 1. The van der Waals surface area contributed by atoms with Crippen LogP contribution >= 0.6 is 7.82 Å².